The first-order chi connectivity index (χ1) is 15.4. The molecular formula is C21H30N6O5. The number of morpholine rings is 1. The smallest absolute Gasteiger partial charge is 0.239 e. The maximum atomic E-state index is 11.9. The van der Waals surface area contributed by atoms with Crippen LogP contribution in [0.1, 0.15) is 18.9 Å². The molecule has 4 N–H and O–H groups in total. The fourth-order valence-electron chi connectivity index (χ4n) is 3.67. The number of rotatable bonds is 8. The van der Waals surface area contributed by atoms with Crippen LogP contribution >= 0.6 is 0 Å². The lowest BCUT2D eigenvalue weighted by Gasteiger charge is -2.32. The number of ether oxygens (including phenoxy) is 2. The van der Waals surface area contributed by atoms with Crippen molar-refractivity contribution in [1.29, 1.82) is 0 Å². The van der Waals surface area contributed by atoms with Crippen LogP contribution in [0.2, 0.25) is 0 Å². The molecule has 0 radical (unpaired) electrons. The molecule has 3 rings (SSSR count). The van der Waals surface area contributed by atoms with Gasteiger partial charge in [-0.3, -0.25) is 24.6 Å². The maximum Gasteiger partial charge on any atom is 0.239 e. The van der Waals surface area contributed by atoms with E-state index >= 15 is 0 Å². The van der Waals surface area contributed by atoms with Gasteiger partial charge in [0.2, 0.25) is 23.7 Å². The predicted molar refractivity (Wildman–Crippen MR) is 117 cm³/mol. The summed E-state index contributed by atoms with van der Waals surface area (Å²) >= 11 is 0. The molecule has 0 spiro atoms. The summed E-state index contributed by atoms with van der Waals surface area (Å²) in [6, 6.07) is 5.08. The number of hydrogen-bond acceptors (Lipinski definition) is 8. The summed E-state index contributed by atoms with van der Waals surface area (Å²) in [5.74, 6) is 0.0750. The zero-order chi connectivity index (χ0) is 23.1. The second-order valence-corrected chi connectivity index (χ2v) is 7.64. The van der Waals surface area contributed by atoms with E-state index in [0.717, 1.165) is 5.56 Å². The maximum absolute atomic E-state index is 11.9. The van der Waals surface area contributed by atoms with Crippen LogP contribution in [0.5, 0.6) is 5.75 Å². The molecule has 11 nitrogen and oxygen atoms in total. The molecular weight excluding hydrogens is 416 g/mol. The van der Waals surface area contributed by atoms with E-state index in [2.05, 4.69) is 15.6 Å². The molecule has 2 aliphatic heterocycles. The van der Waals surface area contributed by atoms with Gasteiger partial charge in [0.15, 0.2) is 0 Å². The molecule has 1 atom stereocenters. The number of carbonyl (C=O) groups excluding carboxylic acids is 3. The number of guanidine groups is 1. The van der Waals surface area contributed by atoms with Gasteiger partial charge in [-0.1, -0.05) is 6.07 Å². The van der Waals surface area contributed by atoms with E-state index in [0.29, 0.717) is 63.3 Å². The number of nitrogens with zero attached hydrogens (tertiary/aromatic N) is 3. The third-order valence-electron chi connectivity index (χ3n) is 5.32. The average Bonchev–Trinajstić information content (AvgIpc) is 2.77. The Morgan fingerprint density at radius 2 is 2.03 bits per heavy atom. The summed E-state index contributed by atoms with van der Waals surface area (Å²) in [4.78, 5) is 43.5. The van der Waals surface area contributed by atoms with E-state index in [1.165, 1.54) is 6.92 Å². The van der Waals surface area contributed by atoms with E-state index in [1.807, 2.05) is 17.0 Å². The Labute approximate surface area is 186 Å². The number of likely N-dealkylation sites (N-methyl/N-ethyl adjacent to an activating group) is 1. The molecule has 2 aliphatic rings. The van der Waals surface area contributed by atoms with Crippen molar-refractivity contribution in [3.05, 3.63) is 23.8 Å². The molecule has 0 bridgehead atoms. The predicted octanol–water partition coefficient (Wildman–Crippen LogP) is -0.673. The normalized spacial score (nSPS) is 17.1. The minimum absolute atomic E-state index is 0.0728. The number of nitrogens with one attached hydrogen (secondary N) is 2. The van der Waals surface area contributed by atoms with Crippen molar-refractivity contribution in [3.8, 4) is 5.75 Å². The van der Waals surface area contributed by atoms with Crippen LogP contribution < -0.4 is 21.1 Å². The molecule has 174 valence electrons. The molecule has 0 aromatic heterocycles. The summed E-state index contributed by atoms with van der Waals surface area (Å²) in [6.45, 7) is 4.70. The van der Waals surface area contributed by atoms with E-state index < -0.39 is 6.04 Å². The largest absolute Gasteiger partial charge is 0.493 e. The summed E-state index contributed by atoms with van der Waals surface area (Å²) in [7, 11) is 1.56. The van der Waals surface area contributed by atoms with E-state index in [9.17, 15) is 14.4 Å². The van der Waals surface area contributed by atoms with Gasteiger partial charge in [-0.2, -0.15) is 0 Å². The highest BCUT2D eigenvalue weighted by molar-refractivity contribution is 5.99. The van der Waals surface area contributed by atoms with Gasteiger partial charge < -0.3 is 25.4 Å². The highest BCUT2D eigenvalue weighted by Crippen LogP contribution is 2.30. The molecule has 0 saturated carbocycles. The van der Waals surface area contributed by atoms with Gasteiger partial charge in [0.05, 0.1) is 38.1 Å². The van der Waals surface area contributed by atoms with Crippen LogP contribution in [0, 0.1) is 0 Å². The van der Waals surface area contributed by atoms with E-state index in [4.69, 9.17) is 15.2 Å². The fourth-order valence-corrected chi connectivity index (χ4v) is 3.67. The van der Waals surface area contributed by atoms with Gasteiger partial charge in [-0.05, 0) is 11.6 Å². The first-order valence-electron chi connectivity index (χ1n) is 10.6. The number of carbonyl (C=O) groups is 3. The van der Waals surface area contributed by atoms with Crippen LogP contribution in [0.3, 0.4) is 0 Å². The van der Waals surface area contributed by atoms with Crippen molar-refractivity contribution in [2.75, 3.05) is 46.5 Å². The summed E-state index contributed by atoms with van der Waals surface area (Å²) < 4.78 is 11.2. The number of nitrogens with two attached hydrogens (primary N) is 1. The lowest BCUT2D eigenvalue weighted by Crippen LogP contribution is -2.50. The van der Waals surface area contributed by atoms with Crippen molar-refractivity contribution in [3.63, 3.8) is 0 Å². The number of fused-ring (bicyclic) bond motifs is 1. The summed E-state index contributed by atoms with van der Waals surface area (Å²) in [6.07, 6.45) is 0.465. The highest BCUT2D eigenvalue weighted by atomic mass is 16.5. The topological polar surface area (TPSA) is 139 Å². The zero-order valence-electron chi connectivity index (χ0n) is 18.4. The highest BCUT2D eigenvalue weighted by Gasteiger charge is 2.26. The fraction of sp³-hybridized carbons (Fsp3) is 0.524. The number of aliphatic imine (C=N–C) groups is 1. The van der Waals surface area contributed by atoms with Gasteiger partial charge in [0.1, 0.15) is 5.75 Å². The minimum Gasteiger partial charge on any atom is -0.493 e. The first-order valence-corrected chi connectivity index (χ1v) is 10.6. The summed E-state index contributed by atoms with van der Waals surface area (Å²) in [5, 5.41) is 5.25. The van der Waals surface area contributed by atoms with E-state index in [1.54, 1.807) is 18.0 Å². The van der Waals surface area contributed by atoms with Crippen molar-refractivity contribution in [2.45, 2.75) is 25.9 Å². The quantitative estimate of drug-likeness (QED) is 0.481. The number of amides is 3. The van der Waals surface area contributed by atoms with E-state index in [-0.39, 0.29) is 24.3 Å². The van der Waals surface area contributed by atoms with Crippen LogP contribution in [-0.2, 0) is 25.7 Å². The molecule has 11 heteroatoms. The number of hydrogen-bond donors (Lipinski definition) is 3. The monoisotopic (exact) mass is 446 g/mol. The zero-order valence-corrected chi connectivity index (χ0v) is 18.4. The van der Waals surface area contributed by atoms with Crippen LogP contribution in [0.4, 0.5) is 5.69 Å². The van der Waals surface area contributed by atoms with Gasteiger partial charge in [0, 0.05) is 46.1 Å². The SMILES string of the molecule is CNC(=O)CN1Cc2ccc(OCCC(C(N)=O)N3CCOCC3)cc2N=C1NC(C)=O. The molecule has 1 aromatic rings. The van der Waals surface area contributed by atoms with Crippen molar-refractivity contribution >= 4 is 29.4 Å². The molecule has 3 amide bonds. The van der Waals surface area contributed by atoms with Crippen molar-refractivity contribution in [1.82, 2.24) is 20.4 Å². The Hall–Kier alpha value is -3.18. The van der Waals surface area contributed by atoms with Crippen LogP contribution in [0.15, 0.2) is 23.2 Å². The third kappa shape index (κ3) is 6.17. The minimum atomic E-state index is -0.404. The molecule has 0 aliphatic carbocycles. The Kier molecular flexibility index (Phi) is 8.01. The molecule has 1 saturated heterocycles. The van der Waals surface area contributed by atoms with Crippen LogP contribution in [-0.4, -0.2) is 86.0 Å². The molecule has 1 fully saturated rings. The van der Waals surface area contributed by atoms with Gasteiger partial charge in [-0.15, -0.1) is 0 Å². The van der Waals surface area contributed by atoms with Crippen LogP contribution in [0.25, 0.3) is 0 Å². The third-order valence-corrected chi connectivity index (χ3v) is 5.32. The lowest BCUT2D eigenvalue weighted by atomic mass is 10.1. The number of benzene rings is 1. The molecule has 1 unspecified atom stereocenters. The molecule has 1 aromatic carbocycles. The Morgan fingerprint density at radius 1 is 1.28 bits per heavy atom. The Morgan fingerprint density at radius 3 is 2.69 bits per heavy atom. The standard InChI is InChI=1S/C21H30N6O5/c1-14(28)24-21-25-17-11-16(4-3-15(17)12-27(21)13-19(29)23-2)32-8-5-18(20(22)30)26-6-9-31-10-7-26/h3-4,11,18H,5-10,12-13H2,1-2H3,(H2,22,30)(H,23,29)(H,24,25,28). The van der Waals surface area contributed by atoms with Crippen molar-refractivity contribution in [2.24, 2.45) is 10.7 Å². The average molecular weight is 447 g/mol. The van der Waals surface area contributed by atoms with Gasteiger partial charge in [0.25, 0.3) is 0 Å². The lowest BCUT2D eigenvalue weighted by molar-refractivity contribution is -0.125. The Bertz CT molecular complexity index is 883. The number of primary amides is 1. The molecule has 2 heterocycles. The van der Waals surface area contributed by atoms with Gasteiger partial charge >= 0.3 is 0 Å². The van der Waals surface area contributed by atoms with Crippen molar-refractivity contribution < 1.29 is 23.9 Å². The second kappa shape index (κ2) is 10.9. The summed E-state index contributed by atoms with van der Waals surface area (Å²) in [5.41, 5.74) is 7.14. The second-order valence-electron chi connectivity index (χ2n) is 7.64. The van der Waals surface area contributed by atoms with Gasteiger partial charge in [-0.25, -0.2) is 4.99 Å². The first kappa shape index (κ1) is 23.5. The Balaban J connectivity index is 1.66. The molecule has 32 heavy (non-hydrogen) atoms.